The molecular weight excluding hydrogens is 160 g/mol. The summed E-state index contributed by atoms with van der Waals surface area (Å²) in [5, 5.41) is 3.91. The lowest BCUT2D eigenvalue weighted by molar-refractivity contribution is 0.414. The average molecular weight is 166 g/mol. The monoisotopic (exact) mass is 166 g/mol. The molecule has 0 fully saturated rings. The number of nitrogens with zero attached hydrogens (tertiary/aromatic N) is 2. The Hall–Kier alpha value is -1.03. The van der Waals surface area contributed by atoms with Crippen molar-refractivity contribution < 1.29 is 4.74 Å². The highest BCUT2D eigenvalue weighted by atomic mass is 32.2. The number of hydrogen-bond donors (Lipinski definition) is 0. The van der Waals surface area contributed by atoms with Gasteiger partial charge in [-0.3, -0.25) is 0 Å². The zero-order valence-electron chi connectivity index (χ0n) is 5.94. The number of hydrogen-bond acceptors (Lipinski definition) is 4. The summed E-state index contributed by atoms with van der Waals surface area (Å²) >= 11 is 1.38. The predicted octanol–water partition coefficient (Wildman–Crippen LogP) is 2.14. The van der Waals surface area contributed by atoms with E-state index in [2.05, 4.69) is 9.63 Å². The number of ether oxygens (including phenoxy) is 1. The molecule has 0 spiro atoms. The van der Waals surface area contributed by atoms with Crippen molar-refractivity contribution in [2.75, 3.05) is 7.11 Å². The van der Waals surface area contributed by atoms with Crippen LogP contribution < -0.4 is 9.26 Å². The third-order valence-corrected chi connectivity index (χ3v) is 2.14. The van der Waals surface area contributed by atoms with E-state index in [1.807, 2.05) is 18.2 Å². The van der Waals surface area contributed by atoms with Crippen LogP contribution in [0.25, 0.3) is 0 Å². The normalized spacial score (nSPS) is 13.2. The zero-order chi connectivity index (χ0) is 7.68. The van der Waals surface area contributed by atoms with Crippen LogP contribution in [0.3, 0.4) is 0 Å². The first kappa shape index (κ1) is 6.67. The van der Waals surface area contributed by atoms with Crippen molar-refractivity contribution in [3.8, 4) is 5.75 Å². The summed E-state index contributed by atoms with van der Waals surface area (Å²) in [6.45, 7) is 0. The van der Waals surface area contributed by atoms with Crippen molar-refractivity contribution in [1.29, 1.82) is 0 Å². The van der Waals surface area contributed by atoms with E-state index in [9.17, 15) is 0 Å². The number of fused-ring (bicyclic) bond motifs is 1. The molecule has 0 aliphatic carbocycles. The Morgan fingerprint density at radius 1 is 1.55 bits per heavy atom. The van der Waals surface area contributed by atoms with Crippen molar-refractivity contribution in [2.24, 2.45) is 5.11 Å². The van der Waals surface area contributed by atoms with Crippen LogP contribution in [0.4, 0.5) is 5.69 Å². The maximum atomic E-state index is 5.04. The molecule has 4 heteroatoms. The standard InChI is InChI=1S/C7H6N2OS/c1-10-5-2-3-6-7(4-5)11-9-8-6/h2-4H,1H3/q+1. The Morgan fingerprint density at radius 2 is 2.45 bits per heavy atom. The lowest BCUT2D eigenvalue weighted by Gasteiger charge is -1.96. The van der Waals surface area contributed by atoms with Gasteiger partial charge in [-0.2, -0.15) is 0 Å². The Bertz CT molecular complexity index is 311. The highest BCUT2D eigenvalue weighted by Crippen LogP contribution is 2.35. The van der Waals surface area contributed by atoms with Crippen LogP contribution in [-0.4, -0.2) is 7.11 Å². The third-order valence-electron chi connectivity index (χ3n) is 1.45. The van der Waals surface area contributed by atoms with Crippen molar-refractivity contribution in [1.82, 2.24) is 4.52 Å². The second kappa shape index (κ2) is 2.54. The lowest BCUT2D eigenvalue weighted by atomic mass is 10.3. The van der Waals surface area contributed by atoms with E-state index in [0.29, 0.717) is 0 Å². The zero-order valence-corrected chi connectivity index (χ0v) is 6.76. The van der Waals surface area contributed by atoms with E-state index < -0.39 is 0 Å². The molecule has 1 aliphatic heterocycles. The molecule has 0 bridgehead atoms. The molecule has 0 aromatic heterocycles. The highest BCUT2D eigenvalue weighted by molar-refractivity contribution is 7.97. The van der Waals surface area contributed by atoms with E-state index >= 15 is 0 Å². The van der Waals surface area contributed by atoms with Crippen LogP contribution in [0.1, 0.15) is 0 Å². The van der Waals surface area contributed by atoms with Crippen LogP contribution in [0, 0.1) is 0 Å². The van der Waals surface area contributed by atoms with Crippen molar-refractivity contribution in [3.05, 3.63) is 18.2 Å². The lowest BCUT2D eigenvalue weighted by Crippen LogP contribution is -1.81. The maximum absolute atomic E-state index is 5.04. The summed E-state index contributed by atoms with van der Waals surface area (Å²) in [6, 6.07) is 5.71. The van der Waals surface area contributed by atoms with Gasteiger partial charge >= 0.3 is 11.9 Å². The maximum Gasteiger partial charge on any atom is 0.315 e. The van der Waals surface area contributed by atoms with Gasteiger partial charge in [-0.1, -0.05) is 0 Å². The summed E-state index contributed by atoms with van der Waals surface area (Å²) < 4.78 is 8.86. The second-order valence-corrected chi connectivity index (χ2v) is 2.89. The molecule has 0 N–H and O–H groups in total. The molecule has 1 radical (unpaired) electrons. The fourth-order valence-electron chi connectivity index (χ4n) is 0.886. The third kappa shape index (κ3) is 1.09. The topological polar surface area (TPSA) is 35.7 Å². The van der Waals surface area contributed by atoms with E-state index in [1.165, 1.54) is 11.9 Å². The Balaban J connectivity index is 2.45. The van der Waals surface area contributed by atoms with Crippen LogP contribution in [0.15, 0.2) is 28.2 Å². The molecular formula is C7H6N2OS+. The van der Waals surface area contributed by atoms with Crippen molar-refractivity contribution in [3.63, 3.8) is 0 Å². The minimum absolute atomic E-state index is 0.851. The quantitative estimate of drug-likeness (QED) is 0.599. The van der Waals surface area contributed by atoms with Crippen molar-refractivity contribution >= 4 is 17.6 Å². The Morgan fingerprint density at radius 3 is 3.27 bits per heavy atom. The summed E-state index contributed by atoms with van der Waals surface area (Å²) in [7, 11) is 1.65. The molecule has 1 aromatic carbocycles. The molecule has 1 aliphatic rings. The SMILES string of the molecule is COc1ccc2c(c1)S[N+]=N2. The molecule has 11 heavy (non-hydrogen) atoms. The van der Waals surface area contributed by atoms with Gasteiger partial charge in [0.05, 0.1) is 12.2 Å². The molecule has 0 unspecified atom stereocenters. The summed E-state index contributed by atoms with van der Waals surface area (Å²) in [4.78, 5) is 1.06. The fourth-order valence-corrected chi connectivity index (χ4v) is 1.47. The summed E-state index contributed by atoms with van der Waals surface area (Å²) in [5.74, 6) is 0.851. The van der Waals surface area contributed by atoms with Gasteiger partial charge in [-0.15, -0.1) is 0 Å². The molecule has 0 amide bonds. The number of rotatable bonds is 1. The predicted molar refractivity (Wildman–Crippen MR) is 43.1 cm³/mol. The minimum atomic E-state index is 0.851. The largest absolute Gasteiger partial charge is 0.497 e. The van der Waals surface area contributed by atoms with E-state index in [4.69, 9.17) is 4.74 Å². The van der Waals surface area contributed by atoms with Gasteiger partial charge in [0.25, 0.3) is 4.52 Å². The smallest absolute Gasteiger partial charge is 0.315 e. The summed E-state index contributed by atoms with van der Waals surface area (Å²) in [5.41, 5.74) is 0.927. The number of benzene rings is 1. The van der Waals surface area contributed by atoms with Gasteiger partial charge in [-0.25, -0.2) is 0 Å². The first-order chi connectivity index (χ1) is 5.40. The first-order valence-electron chi connectivity index (χ1n) is 3.16. The molecule has 0 saturated carbocycles. The highest BCUT2D eigenvalue weighted by Gasteiger charge is 2.21. The molecule has 3 nitrogen and oxygen atoms in total. The Labute approximate surface area is 68.6 Å². The Kier molecular flexibility index (Phi) is 1.54. The number of methoxy groups -OCH3 is 1. The van der Waals surface area contributed by atoms with Gasteiger partial charge in [0, 0.05) is 6.07 Å². The molecule has 55 valence electrons. The van der Waals surface area contributed by atoms with Gasteiger partial charge in [0.2, 0.25) is 0 Å². The fraction of sp³-hybridized carbons (Fsp3) is 0.143. The molecule has 0 saturated heterocycles. The van der Waals surface area contributed by atoms with E-state index in [-0.39, 0.29) is 0 Å². The van der Waals surface area contributed by atoms with E-state index in [0.717, 1.165) is 16.3 Å². The molecule has 1 aromatic rings. The van der Waals surface area contributed by atoms with Gasteiger partial charge < -0.3 is 4.74 Å². The van der Waals surface area contributed by atoms with Gasteiger partial charge in [0.1, 0.15) is 10.6 Å². The molecule has 2 rings (SSSR count). The second-order valence-electron chi connectivity index (χ2n) is 2.11. The van der Waals surface area contributed by atoms with Crippen molar-refractivity contribution in [2.45, 2.75) is 4.90 Å². The van der Waals surface area contributed by atoms with Crippen LogP contribution in [0.5, 0.6) is 5.75 Å². The molecule has 0 atom stereocenters. The summed E-state index contributed by atoms with van der Waals surface area (Å²) in [6.07, 6.45) is 0. The average Bonchev–Trinajstić information content (AvgIpc) is 2.50. The van der Waals surface area contributed by atoms with Crippen LogP contribution >= 0.6 is 11.9 Å². The molecule has 1 heterocycles. The van der Waals surface area contributed by atoms with Crippen LogP contribution in [0.2, 0.25) is 0 Å². The van der Waals surface area contributed by atoms with E-state index in [1.54, 1.807) is 7.11 Å². The van der Waals surface area contributed by atoms with Crippen LogP contribution in [-0.2, 0) is 0 Å². The van der Waals surface area contributed by atoms with Gasteiger partial charge in [-0.05, 0) is 12.1 Å². The minimum Gasteiger partial charge on any atom is -0.497 e. The first-order valence-corrected chi connectivity index (χ1v) is 3.93. The van der Waals surface area contributed by atoms with Gasteiger partial charge in [0.15, 0.2) is 5.69 Å².